The van der Waals surface area contributed by atoms with Crippen molar-refractivity contribution in [1.29, 1.82) is 0 Å². The lowest BCUT2D eigenvalue weighted by molar-refractivity contribution is 0.0132. The van der Waals surface area contributed by atoms with E-state index in [1.807, 2.05) is 30.3 Å². The highest BCUT2D eigenvalue weighted by Crippen LogP contribution is 2.42. The van der Waals surface area contributed by atoms with Gasteiger partial charge in [-0.05, 0) is 111 Å². The van der Waals surface area contributed by atoms with E-state index in [0.29, 0.717) is 42.6 Å². The molecule has 0 radical (unpaired) electrons. The first-order valence-electron chi connectivity index (χ1n) is 15.4. The highest BCUT2D eigenvalue weighted by molar-refractivity contribution is 7.90. The van der Waals surface area contributed by atoms with Gasteiger partial charge in [0, 0.05) is 30.8 Å². The number of anilines is 1. The minimum atomic E-state index is -3.83. The van der Waals surface area contributed by atoms with E-state index < -0.39 is 21.2 Å². The minimum Gasteiger partial charge on any atom is -0.487 e. The maximum Gasteiger partial charge on any atom is 0.264 e. The number of rotatable bonds is 1. The number of sulfonamides is 1. The number of amides is 1. The summed E-state index contributed by atoms with van der Waals surface area (Å²) in [6.45, 7) is 2.01. The van der Waals surface area contributed by atoms with Gasteiger partial charge in [0.15, 0.2) is 0 Å². The van der Waals surface area contributed by atoms with Crippen LogP contribution in [-0.4, -0.2) is 45.9 Å². The monoisotopic (exact) mass is 612 g/mol. The normalized spacial score (nSPS) is 30.3. The molecule has 1 unspecified atom stereocenters. The van der Waals surface area contributed by atoms with Gasteiger partial charge < -0.3 is 14.4 Å². The Labute approximate surface area is 254 Å². The fraction of sp³-hybridized carbons (Fsp3) is 0.545. The van der Waals surface area contributed by atoms with E-state index in [2.05, 4.69) is 21.8 Å². The predicted octanol–water partition coefficient (Wildman–Crippen LogP) is 6.29. The quantitative estimate of drug-likeness (QED) is 0.381. The maximum atomic E-state index is 13.4. The summed E-state index contributed by atoms with van der Waals surface area (Å²) in [4.78, 5) is 15.8. The summed E-state index contributed by atoms with van der Waals surface area (Å²) in [5.74, 6) is 1.10. The van der Waals surface area contributed by atoms with Crippen molar-refractivity contribution in [3.8, 4) is 5.75 Å². The van der Waals surface area contributed by atoms with Crippen molar-refractivity contribution in [2.24, 2.45) is 17.8 Å². The Kier molecular flexibility index (Phi) is 8.85. The van der Waals surface area contributed by atoms with E-state index in [-0.39, 0.29) is 12.0 Å². The van der Waals surface area contributed by atoms with E-state index in [1.165, 1.54) is 5.56 Å². The predicted molar refractivity (Wildman–Crippen MR) is 166 cm³/mol. The third kappa shape index (κ3) is 6.36. The van der Waals surface area contributed by atoms with Gasteiger partial charge in [0.2, 0.25) is 10.0 Å². The van der Waals surface area contributed by atoms with E-state index in [1.54, 1.807) is 13.2 Å². The Hall–Kier alpha value is -2.55. The zero-order valence-electron chi connectivity index (χ0n) is 24.3. The highest BCUT2D eigenvalue weighted by atomic mass is 35.5. The summed E-state index contributed by atoms with van der Waals surface area (Å²) < 4.78 is 41.6. The second kappa shape index (κ2) is 12.6. The number of carbonyl (C=O) groups excluding carboxylic acids is 1. The second-order valence-electron chi connectivity index (χ2n) is 12.4. The molecule has 1 amide bonds. The molecule has 6 rings (SSSR count). The van der Waals surface area contributed by atoms with Crippen LogP contribution in [0.4, 0.5) is 5.69 Å². The fourth-order valence-electron chi connectivity index (χ4n) is 7.19. The molecule has 2 fully saturated rings. The second-order valence-corrected chi connectivity index (χ2v) is 14.8. The number of fused-ring (bicyclic) bond motifs is 5. The fourth-order valence-corrected chi connectivity index (χ4v) is 8.90. The van der Waals surface area contributed by atoms with Crippen LogP contribution >= 0.6 is 11.6 Å². The van der Waals surface area contributed by atoms with Crippen LogP contribution in [-0.2, 0) is 27.8 Å². The van der Waals surface area contributed by atoms with Gasteiger partial charge in [0.05, 0.1) is 17.0 Å². The van der Waals surface area contributed by atoms with Crippen LogP contribution in [0.15, 0.2) is 48.6 Å². The van der Waals surface area contributed by atoms with Crippen molar-refractivity contribution in [3.63, 3.8) is 0 Å². The molecule has 2 saturated carbocycles. The first-order valence-corrected chi connectivity index (χ1v) is 17.3. The molecule has 2 aliphatic carbocycles. The molecule has 9 heteroatoms. The van der Waals surface area contributed by atoms with Crippen molar-refractivity contribution in [3.05, 3.63) is 70.3 Å². The van der Waals surface area contributed by atoms with Crippen LogP contribution in [0.25, 0.3) is 0 Å². The first kappa shape index (κ1) is 29.5. The highest BCUT2D eigenvalue weighted by Gasteiger charge is 2.38. The molecular weight excluding hydrogens is 572 g/mol. The van der Waals surface area contributed by atoms with Crippen LogP contribution in [0.2, 0.25) is 5.02 Å². The Morgan fingerprint density at radius 1 is 1.00 bits per heavy atom. The Balaban J connectivity index is 1.38. The topological polar surface area (TPSA) is 84.9 Å². The molecule has 5 atom stereocenters. The van der Waals surface area contributed by atoms with Crippen LogP contribution in [0.1, 0.15) is 72.9 Å². The molecular formula is C33H41ClN2O5S. The molecule has 4 aliphatic rings. The number of hydrogen-bond donors (Lipinski definition) is 1. The SMILES string of the molecule is CO[C@H]1/C=C/[C@H]2CCCC(C2)S(=O)(=O)NC(=O)c2ccc3c(c2)N(CCCCc2cc(Cl)ccc2CO3)C[C@@H]2CC[C@H]21. The summed E-state index contributed by atoms with van der Waals surface area (Å²) >= 11 is 6.33. The summed E-state index contributed by atoms with van der Waals surface area (Å²) in [6, 6.07) is 11.3. The van der Waals surface area contributed by atoms with Crippen molar-refractivity contribution in [2.45, 2.75) is 75.7 Å². The van der Waals surface area contributed by atoms with Gasteiger partial charge in [0.25, 0.3) is 5.91 Å². The van der Waals surface area contributed by atoms with Crippen LogP contribution in [0, 0.1) is 17.8 Å². The molecule has 2 aliphatic heterocycles. The number of nitrogens with one attached hydrogen (secondary N) is 1. The third-order valence-electron chi connectivity index (χ3n) is 9.78. The molecule has 0 saturated heterocycles. The molecule has 42 heavy (non-hydrogen) atoms. The maximum absolute atomic E-state index is 13.4. The number of methoxy groups -OCH3 is 1. The van der Waals surface area contributed by atoms with Gasteiger partial charge in [-0.2, -0.15) is 0 Å². The van der Waals surface area contributed by atoms with Gasteiger partial charge in [0.1, 0.15) is 12.4 Å². The zero-order chi connectivity index (χ0) is 29.3. The molecule has 226 valence electrons. The summed E-state index contributed by atoms with van der Waals surface area (Å²) in [6.07, 6.45) is 12.3. The average molecular weight is 613 g/mol. The average Bonchev–Trinajstić information content (AvgIpc) is 3.00. The van der Waals surface area contributed by atoms with Gasteiger partial charge in [-0.3, -0.25) is 4.79 Å². The molecule has 1 N–H and O–H groups in total. The number of benzene rings is 2. The van der Waals surface area contributed by atoms with Crippen molar-refractivity contribution >= 4 is 33.2 Å². The standard InChI is InChI=1S/C33H41ClN2O5S/c1-40-31-14-8-22-5-4-7-28(17-22)42(38,39)35-33(37)24-11-15-32-30(19-24)36(20-25-10-13-29(25)31)16-3-2-6-23-18-27(34)12-9-26(23)21-41-32/h8-9,11-12,14-15,18-19,22,25,28-29,31H,2-7,10,13,16-17,20-21H2,1H3,(H,35,37)/b14-8+/t22-,25+,28?,29-,31+/m1/s1. The number of ether oxygens (including phenoxy) is 2. The molecule has 2 aromatic carbocycles. The molecule has 2 heterocycles. The van der Waals surface area contributed by atoms with Crippen LogP contribution in [0.5, 0.6) is 5.75 Å². The summed E-state index contributed by atoms with van der Waals surface area (Å²) in [5.41, 5.74) is 3.45. The lowest BCUT2D eigenvalue weighted by atomic mass is 9.70. The third-order valence-corrected chi connectivity index (χ3v) is 11.8. The lowest BCUT2D eigenvalue weighted by Gasteiger charge is -2.43. The van der Waals surface area contributed by atoms with Gasteiger partial charge in [-0.25, -0.2) is 13.1 Å². The molecule has 0 spiro atoms. The number of aryl methyl sites for hydroxylation is 1. The van der Waals surface area contributed by atoms with E-state index in [9.17, 15) is 13.2 Å². The van der Waals surface area contributed by atoms with E-state index in [0.717, 1.165) is 74.3 Å². The van der Waals surface area contributed by atoms with Crippen molar-refractivity contribution in [2.75, 3.05) is 25.1 Å². The van der Waals surface area contributed by atoms with Crippen molar-refractivity contribution in [1.82, 2.24) is 4.72 Å². The zero-order valence-corrected chi connectivity index (χ0v) is 25.8. The lowest BCUT2D eigenvalue weighted by Crippen LogP contribution is -2.44. The number of halogens is 1. The number of carbonyl (C=O) groups is 1. The number of nitrogens with zero attached hydrogens (tertiary/aromatic N) is 1. The largest absolute Gasteiger partial charge is 0.487 e. The van der Waals surface area contributed by atoms with Gasteiger partial charge >= 0.3 is 0 Å². The summed E-state index contributed by atoms with van der Waals surface area (Å²) in [7, 11) is -2.05. The van der Waals surface area contributed by atoms with Crippen LogP contribution in [0.3, 0.4) is 0 Å². The Morgan fingerprint density at radius 2 is 1.88 bits per heavy atom. The number of allylic oxidation sites excluding steroid dienone is 1. The Morgan fingerprint density at radius 3 is 2.69 bits per heavy atom. The minimum absolute atomic E-state index is 0.00132. The van der Waals surface area contributed by atoms with Crippen LogP contribution < -0.4 is 14.4 Å². The first-order chi connectivity index (χ1) is 20.3. The molecule has 4 bridgehead atoms. The molecule has 7 nitrogen and oxygen atoms in total. The summed E-state index contributed by atoms with van der Waals surface area (Å²) in [5, 5.41) is 0.130. The smallest absolute Gasteiger partial charge is 0.264 e. The Bertz CT molecular complexity index is 1440. The molecule has 0 aromatic heterocycles. The van der Waals surface area contributed by atoms with Gasteiger partial charge in [-0.15, -0.1) is 0 Å². The van der Waals surface area contributed by atoms with E-state index in [4.69, 9.17) is 21.1 Å². The molecule has 2 aromatic rings. The van der Waals surface area contributed by atoms with Crippen molar-refractivity contribution < 1.29 is 22.7 Å². The van der Waals surface area contributed by atoms with E-state index >= 15 is 0 Å². The number of hydrogen-bond acceptors (Lipinski definition) is 6. The van der Waals surface area contributed by atoms with Gasteiger partial charge in [-0.1, -0.05) is 36.2 Å².